The first-order valence-corrected chi connectivity index (χ1v) is 8.60. The highest BCUT2D eigenvalue weighted by Gasteiger charge is 2.28. The summed E-state index contributed by atoms with van der Waals surface area (Å²) in [6, 6.07) is 13.0. The number of amides is 2. The molecule has 6 heteroatoms. The number of pyridine rings is 1. The average molecular weight is 341 g/mol. The van der Waals surface area contributed by atoms with Crippen molar-refractivity contribution >= 4 is 11.7 Å². The molecule has 1 atom stereocenters. The molecule has 132 valence electrons. The van der Waals surface area contributed by atoms with Crippen molar-refractivity contribution in [2.75, 3.05) is 25.1 Å². The third-order valence-electron chi connectivity index (χ3n) is 4.11. The second kappa shape index (κ2) is 8.48. The number of para-hydroxylation sites is 1. The molecular formula is C19H23N3O3. The van der Waals surface area contributed by atoms with Gasteiger partial charge in [0.05, 0.1) is 24.5 Å². The SMILES string of the molecule is CCOCC1CCCN1C(=O)Nc1ccc(Oc2ccccc2)nc1. The molecule has 2 heterocycles. The van der Waals surface area contributed by atoms with Gasteiger partial charge in [-0.1, -0.05) is 18.2 Å². The van der Waals surface area contributed by atoms with E-state index in [1.54, 1.807) is 18.3 Å². The predicted octanol–water partition coefficient (Wildman–Crippen LogP) is 3.91. The van der Waals surface area contributed by atoms with Crippen LogP contribution in [-0.2, 0) is 4.74 Å². The summed E-state index contributed by atoms with van der Waals surface area (Å²) in [5, 5.41) is 2.89. The normalized spacial score (nSPS) is 16.7. The molecule has 0 radical (unpaired) electrons. The van der Waals surface area contributed by atoms with E-state index in [1.807, 2.05) is 42.2 Å². The van der Waals surface area contributed by atoms with Crippen molar-refractivity contribution in [1.82, 2.24) is 9.88 Å². The Morgan fingerprint density at radius 1 is 1.28 bits per heavy atom. The first kappa shape index (κ1) is 17.2. The number of urea groups is 1. The first-order valence-electron chi connectivity index (χ1n) is 8.60. The van der Waals surface area contributed by atoms with Crippen LogP contribution in [0.4, 0.5) is 10.5 Å². The fourth-order valence-corrected chi connectivity index (χ4v) is 2.85. The molecule has 0 spiro atoms. The minimum absolute atomic E-state index is 0.110. The number of hydrogen-bond acceptors (Lipinski definition) is 4. The molecule has 1 aliphatic rings. The molecule has 0 aliphatic carbocycles. The maximum atomic E-state index is 12.5. The number of ether oxygens (including phenoxy) is 2. The predicted molar refractivity (Wildman–Crippen MR) is 96.0 cm³/mol. The molecule has 1 N–H and O–H groups in total. The summed E-state index contributed by atoms with van der Waals surface area (Å²) in [5.41, 5.74) is 0.646. The Labute approximate surface area is 147 Å². The Hall–Kier alpha value is -2.60. The lowest BCUT2D eigenvalue weighted by atomic mass is 10.2. The number of nitrogens with one attached hydrogen (secondary N) is 1. The summed E-state index contributed by atoms with van der Waals surface area (Å²) in [4.78, 5) is 18.5. The largest absolute Gasteiger partial charge is 0.439 e. The van der Waals surface area contributed by atoms with Gasteiger partial charge in [-0.15, -0.1) is 0 Å². The average Bonchev–Trinajstić information content (AvgIpc) is 3.11. The van der Waals surface area contributed by atoms with Gasteiger partial charge in [0.25, 0.3) is 0 Å². The van der Waals surface area contributed by atoms with E-state index in [9.17, 15) is 4.79 Å². The molecule has 1 fully saturated rings. The fourth-order valence-electron chi connectivity index (χ4n) is 2.85. The summed E-state index contributed by atoms with van der Waals surface area (Å²) in [5.74, 6) is 1.21. The van der Waals surface area contributed by atoms with E-state index < -0.39 is 0 Å². The minimum Gasteiger partial charge on any atom is -0.439 e. The molecule has 25 heavy (non-hydrogen) atoms. The number of nitrogens with zero attached hydrogens (tertiary/aromatic N) is 2. The van der Waals surface area contributed by atoms with Gasteiger partial charge in [0.2, 0.25) is 5.88 Å². The van der Waals surface area contributed by atoms with Gasteiger partial charge in [-0.25, -0.2) is 9.78 Å². The molecule has 1 unspecified atom stereocenters. The van der Waals surface area contributed by atoms with Crippen LogP contribution in [0.25, 0.3) is 0 Å². The Kier molecular flexibility index (Phi) is 5.85. The van der Waals surface area contributed by atoms with Crippen LogP contribution in [0.2, 0.25) is 0 Å². The smallest absolute Gasteiger partial charge is 0.322 e. The second-order valence-corrected chi connectivity index (χ2v) is 5.88. The van der Waals surface area contributed by atoms with Crippen molar-refractivity contribution in [3.05, 3.63) is 48.7 Å². The van der Waals surface area contributed by atoms with Crippen LogP contribution < -0.4 is 10.1 Å². The lowest BCUT2D eigenvalue weighted by molar-refractivity contribution is 0.0970. The number of hydrogen-bond donors (Lipinski definition) is 1. The van der Waals surface area contributed by atoms with Crippen LogP contribution in [0, 0.1) is 0 Å². The molecule has 1 aliphatic heterocycles. The van der Waals surface area contributed by atoms with Crippen molar-refractivity contribution in [3.8, 4) is 11.6 Å². The summed E-state index contributed by atoms with van der Waals surface area (Å²) < 4.78 is 11.1. The van der Waals surface area contributed by atoms with Crippen LogP contribution in [0.5, 0.6) is 11.6 Å². The van der Waals surface area contributed by atoms with E-state index in [1.165, 1.54) is 0 Å². The van der Waals surface area contributed by atoms with E-state index in [0.717, 1.165) is 25.1 Å². The van der Waals surface area contributed by atoms with E-state index >= 15 is 0 Å². The van der Waals surface area contributed by atoms with Crippen LogP contribution in [0.1, 0.15) is 19.8 Å². The van der Waals surface area contributed by atoms with Gasteiger partial charge in [-0.3, -0.25) is 0 Å². The lowest BCUT2D eigenvalue weighted by Crippen LogP contribution is -2.41. The van der Waals surface area contributed by atoms with Crippen molar-refractivity contribution in [2.24, 2.45) is 0 Å². The molecular weight excluding hydrogens is 318 g/mol. The lowest BCUT2D eigenvalue weighted by Gasteiger charge is -2.24. The Bertz CT molecular complexity index is 676. The van der Waals surface area contributed by atoms with Crippen LogP contribution in [0.3, 0.4) is 0 Å². The quantitative estimate of drug-likeness (QED) is 0.865. The number of likely N-dealkylation sites (tertiary alicyclic amines) is 1. The van der Waals surface area contributed by atoms with E-state index in [-0.39, 0.29) is 12.1 Å². The topological polar surface area (TPSA) is 63.7 Å². The molecule has 0 saturated carbocycles. The fraction of sp³-hybridized carbons (Fsp3) is 0.368. The van der Waals surface area contributed by atoms with Gasteiger partial charge < -0.3 is 19.7 Å². The number of carbonyl (C=O) groups is 1. The molecule has 0 bridgehead atoms. The molecule has 1 aromatic carbocycles. The highest BCUT2D eigenvalue weighted by atomic mass is 16.5. The van der Waals surface area contributed by atoms with Crippen molar-refractivity contribution in [1.29, 1.82) is 0 Å². The number of rotatable bonds is 6. The first-order chi connectivity index (χ1) is 12.3. The van der Waals surface area contributed by atoms with Crippen LogP contribution >= 0.6 is 0 Å². The van der Waals surface area contributed by atoms with Gasteiger partial charge >= 0.3 is 6.03 Å². The standard InChI is InChI=1S/C19H23N3O3/c1-2-24-14-16-7-6-12-22(16)19(23)21-15-10-11-18(20-13-15)25-17-8-4-3-5-9-17/h3-5,8-11,13,16H,2,6-7,12,14H2,1H3,(H,21,23). The zero-order valence-electron chi connectivity index (χ0n) is 14.4. The van der Waals surface area contributed by atoms with Crippen LogP contribution in [0.15, 0.2) is 48.7 Å². The van der Waals surface area contributed by atoms with E-state index in [2.05, 4.69) is 10.3 Å². The third kappa shape index (κ3) is 4.70. The van der Waals surface area contributed by atoms with Gasteiger partial charge in [-0.2, -0.15) is 0 Å². The Morgan fingerprint density at radius 2 is 2.12 bits per heavy atom. The maximum Gasteiger partial charge on any atom is 0.322 e. The molecule has 1 aromatic heterocycles. The van der Waals surface area contributed by atoms with Crippen LogP contribution in [-0.4, -0.2) is 41.7 Å². The maximum absolute atomic E-state index is 12.5. The number of benzene rings is 1. The minimum atomic E-state index is -0.110. The monoisotopic (exact) mass is 341 g/mol. The van der Waals surface area contributed by atoms with Gasteiger partial charge in [0.1, 0.15) is 5.75 Å². The summed E-state index contributed by atoms with van der Waals surface area (Å²) in [6.07, 6.45) is 3.59. The zero-order chi connectivity index (χ0) is 17.5. The number of anilines is 1. The Morgan fingerprint density at radius 3 is 2.84 bits per heavy atom. The number of aromatic nitrogens is 1. The van der Waals surface area contributed by atoms with Crippen molar-refractivity contribution < 1.29 is 14.3 Å². The van der Waals surface area contributed by atoms with E-state index in [4.69, 9.17) is 9.47 Å². The van der Waals surface area contributed by atoms with Crippen molar-refractivity contribution in [2.45, 2.75) is 25.8 Å². The van der Waals surface area contributed by atoms with Gasteiger partial charge in [0.15, 0.2) is 0 Å². The summed E-state index contributed by atoms with van der Waals surface area (Å²) >= 11 is 0. The zero-order valence-corrected chi connectivity index (χ0v) is 14.4. The highest BCUT2D eigenvalue weighted by molar-refractivity contribution is 5.89. The highest BCUT2D eigenvalue weighted by Crippen LogP contribution is 2.22. The molecule has 3 rings (SSSR count). The number of carbonyl (C=O) groups excluding carboxylic acids is 1. The summed E-state index contributed by atoms with van der Waals surface area (Å²) in [6.45, 7) is 3.97. The second-order valence-electron chi connectivity index (χ2n) is 5.88. The van der Waals surface area contributed by atoms with E-state index in [0.29, 0.717) is 24.8 Å². The molecule has 1 saturated heterocycles. The molecule has 6 nitrogen and oxygen atoms in total. The van der Waals surface area contributed by atoms with Crippen molar-refractivity contribution in [3.63, 3.8) is 0 Å². The van der Waals surface area contributed by atoms with Gasteiger partial charge in [-0.05, 0) is 38.0 Å². The van der Waals surface area contributed by atoms with Gasteiger partial charge in [0, 0.05) is 19.2 Å². The Balaban J connectivity index is 1.56. The summed E-state index contributed by atoms with van der Waals surface area (Å²) in [7, 11) is 0. The molecule has 2 amide bonds. The molecule has 2 aromatic rings. The third-order valence-corrected chi connectivity index (χ3v) is 4.11.